The minimum Gasteiger partial charge on any atom is -0.496 e. The van der Waals surface area contributed by atoms with E-state index in [4.69, 9.17) is 22.1 Å². The second kappa shape index (κ2) is 6.03. The molecule has 1 aromatic carbocycles. The first-order valence-corrected chi connectivity index (χ1v) is 5.96. The Kier molecular flexibility index (Phi) is 4.97. The highest BCUT2D eigenvalue weighted by Gasteiger charge is 2.24. The van der Waals surface area contributed by atoms with E-state index in [1.807, 2.05) is 13.8 Å². The lowest BCUT2D eigenvalue weighted by Crippen LogP contribution is -2.28. The predicted octanol–water partition coefficient (Wildman–Crippen LogP) is 2.76. The molecule has 0 aliphatic rings. The average molecular weight is 256 g/mol. The van der Waals surface area contributed by atoms with Gasteiger partial charge < -0.3 is 10.5 Å². The molecule has 94 valence electrons. The zero-order chi connectivity index (χ0) is 13.0. The van der Waals surface area contributed by atoms with Crippen LogP contribution in [0.5, 0.6) is 5.75 Å². The van der Waals surface area contributed by atoms with Crippen molar-refractivity contribution >= 4 is 17.4 Å². The van der Waals surface area contributed by atoms with Crippen LogP contribution in [-0.2, 0) is 0 Å². The number of carbonyl (C=O) groups is 1. The number of ether oxygens (including phenoxy) is 1. The molecule has 1 rings (SSSR count). The molecule has 0 heterocycles. The molecule has 3 nitrogen and oxygen atoms in total. The van der Waals surface area contributed by atoms with E-state index in [1.54, 1.807) is 18.2 Å². The van der Waals surface area contributed by atoms with Gasteiger partial charge >= 0.3 is 0 Å². The molecule has 0 bridgehead atoms. The van der Waals surface area contributed by atoms with Gasteiger partial charge in [0.05, 0.1) is 12.7 Å². The van der Waals surface area contributed by atoms with E-state index in [0.717, 1.165) is 0 Å². The van der Waals surface area contributed by atoms with Crippen molar-refractivity contribution in [3.63, 3.8) is 0 Å². The van der Waals surface area contributed by atoms with Crippen LogP contribution in [-0.4, -0.2) is 19.4 Å². The highest BCUT2D eigenvalue weighted by atomic mass is 35.5. The Bertz CT molecular complexity index is 404. The Balaban J connectivity index is 3.13. The molecular formula is C13H18ClNO2. The highest BCUT2D eigenvalue weighted by Crippen LogP contribution is 2.27. The van der Waals surface area contributed by atoms with Crippen molar-refractivity contribution in [2.75, 3.05) is 13.7 Å². The molecule has 2 N–H and O–H groups in total. The van der Waals surface area contributed by atoms with Gasteiger partial charge in [-0.05, 0) is 24.1 Å². The minimum absolute atomic E-state index is 0.0122. The van der Waals surface area contributed by atoms with Gasteiger partial charge in [-0.3, -0.25) is 4.79 Å². The third-order valence-electron chi connectivity index (χ3n) is 2.82. The van der Waals surface area contributed by atoms with Crippen LogP contribution in [0.1, 0.15) is 24.2 Å². The summed E-state index contributed by atoms with van der Waals surface area (Å²) >= 11 is 5.91. The Morgan fingerprint density at radius 3 is 2.59 bits per heavy atom. The summed E-state index contributed by atoms with van der Waals surface area (Å²) in [6.45, 7) is 4.28. The van der Waals surface area contributed by atoms with Crippen LogP contribution in [0.2, 0.25) is 5.02 Å². The summed E-state index contributed by atoms with van der Waals surface area (Å²) in [5.41, 5.74) is 6.15. The van der Waals surface area contributed by atoms with Gasteiger partial charge in [-0.2, -0.15) is 0 Å². The molecule has 4 heteroatoms. The molecule has 0 aromatic heterocycles. The predicted molar refractivity (Wildman–Crippen MR) is 69.7 cm³/mol. The summed E-state index contributed by atoms with van der Waals surface area (Å²) in [6.07, 6.45) is 0. The van der Waals surface area contributed by atoms with Crippen molar-refractivity contribution in [3.05, 3.63) is 28.8 Å². The third-order valence-corrected chi connectivity index (χ3v) is 3.06. The molecule has 1 atom stereocenters. The van der Waals surface area contributed by atoms with Gasteiger partial charge in [-0.1, -0.05) is 25.4 Å². The zero-order valence-corrected chi connectivity index (χ0v) is 11.1. The minimum atomic E-state index is -0.206. The van der Waals surface area contributed by atoms with E-state index >= 15 is 0 Å². The van der Waals surface area contributed by atoms with E-state index < -0.39 is 0 Å². The first-order valence-electron chi connectivity index (χ1n) is 5.59. The van der Waals surface area contributed by atoms with Crippen LogP contribution in [0.3, 0.4) is 0 Å². The molecule has 0 radical (unpaired) electrons. The Morgan fingerprint density at radius 1 is 1.47 bits per heavy atom. The molecule has 17 heavy (non-hydrogen) atoms. The van der Waals surface area contributed by atoms with Crippen molar-refractivity contribution in [2.24, 2.45) is 17.6 Å². The largest absolute Gasteiger partial charge is 0.496 e. The quantitative estimate of drug-likeness (QED) is 0.823. The Hall–Kier alpha value is -1.06. The summed E-state index contributed by atoms with van der Waals surface area (Å²) in [6, 6.07) is 5.03. The van der Waals surface area contributed by atoms with Crippen LogP contribution >= 0.6 is 11.6 Å². The molecule has 0 fully saturated rings. The molecule has 0 aliphatic carbocycles. The van der Waals surface area contributed by atoms with Gasteiger partial charge in [0.1, 0.15) is 5.75 Å². The van der Waals surface area contributed by atoms with Gasteiger partial charge in [0, 0.05) is 17.5 Å². The third kappa shape index (κ3) is 3.20. The first kappa shape index (κ1) is 14.0. The van der Waals surface area contributed by atoms with Crippen LogP contribution in [0.4, 0.5) is 0 Å². The Morgan fingerprint density at radius 2 is 2.12 bits per heavy atom. The lowest BCUT2D eigenvalue weighted by atomic mass is 9.88. The van der Waals surface area contributed by atoms with Crippen molar-refractivity contribution in [1.82, 2.24) is 0 Å². The van der Waals surface area contributed by atoms with Crippen LogP contribution in [0.15, 0.2) is 18.2 Å². The summed E-state index contributed by atoms with van der Waals surface area (Å²) in [5, 5.41) is 0.522. The lowest BCUT2D eigenvalue weighted by molar-refractivity contribution is 0.0889. The van der Waals surface area contributed by atoms with Crippen molar-refractivity contribution in [2.45, 2.75) is 13.8 Å². The van der Waals surface area contributed by atoms with Gasteiger partial charge in [0.15, 0.2) is 5.78 Å². The van der Waals surface area contributed by atoms with Gasteiger partial charge in [-0.25, -0.2) is 0 Å². The van der Waals surface area contributed by atoms with Crippen molar-refractivity contribution in [1.29, 1.82) is 0 Å². The number of ketones is 1. The number of halogens is 1. The molecule has 1 unspecified atom stereocenters. The van der Waals surface area contributed by atoms with Crippen LogP contribution in [0.25, 0.3) is 0 Å². The van der Waals surface area contributed by atoms with Crippen LogP contribution < -0.4 is 10.5 Å². The zero-order valence-electron chi connectivity index (χ0n) is 10.4. The van der Waals surface area contributed by atoms with E-state index in [0.29, 0.717) is 22.9 Å². The number of rotatable bonds is 5. The molecule has 0 aliphatic heterocycles. The smallest absolute Gasteiger partial charge is 0.171 e. The van der Waals surface area contributed by atoms with Crippen LogP contribution in [0, 0.1) is 11.8 Å². The van der Waals surface area contributed by atoms with E-state index in [9.17, 15) is 4.79 Å². The lowest BCUT2D eigenvalue weighted by Gasteiger charge is -2.19. The monoisotopic (exact) mass is 255 g/mol. The molecule has 0 spiro atoms. The molecule has 0 saturated carbocycles. The number of carbonyl (C=O) groups excluding carboxylic acids is 1. The molecule has 0 amide bonds. The second-order valence-corrected chi connectivity index (χ2v) is 4.73. The van der Waals surface area contributed by atoms with E-state index in [2.05, 4.69) is 0 Å². The summed E-state index contributed by atoms with van der Waals surface area (Å²) in [7, 11) is 1.53. The number of benzene rings is 1. The van der Waals surface area contributed by atoms with E-state index in [1.165, 1.54) is 7.11 Å². The van der Waals surface area contributed by atoms with E-state index in [-0.39, 0.29) is 17.6 Å². The number of hydrogen-bond acceptors (Lipinski definition) is 3. The topological polar surface area (TPSA) is 52.3 Å². The number of nitrogens with two attached hydrogens (primary N) is 1. The highest BCUT2D eigenvalue weighted by molar-refractivity contribution is 6.31. The number of methoxy groups -OCH3 is 1. The molecule has 0 saturated heterocycles. The first-order chi connectivity index (χ1) is 8.01. The second-order valence-electron chi connectivity index (χ2n) is 4.30. The summed E-state index contributed by atoms with van der Waals surface area (Å²) in [4.78, 5) is 12.3. The average Bonchev–Trinajstić information content (AvgIpc) is 2.29. The van der Waals surface area contributed by atoms with Crippen molar-refractivity contribution in [3.8, 4) is 5.75 Å². The van der Waals surface area contributed by atoms with Gasteiger partial charge in [0.2, 0.25) is 0 Å². The fraction of sp³-hybridized carbons (Fsp3) is 0.462. The standard InChI is InChI=1S/C13H18ClNO2/c1-8(2)11(7-15)13(16)10-6-9(14)4-5-12(10)17-3/h4-6,8,11H,7,15H2,1-3H3. The summed E-state index contributed by atoms with van der Waals surface area (Å²) < 4.78 is 5.18. The SMILES string of the molecule is COc1ccc(Cl)cc1C(=O)C(CN)C(C)C. The van der Waals surface area contributed by atoms with Gasteiger partial charge in [0.25, 0.3) is 0 Å². The fourth-order valence-electron chi connectivity index (χ4n) is 1.75. The van der Waals surface area contributed by atoms with Gasteiger partial charge in [-0.15, -0.1) is 0 Å². The maximum Gasteiger partial charge on any atom is 0.171 e. The van der Waals surface area contributed by atoms with Crippen molar-refractivity contribution < 1.29 is 9.53 Å². The Labute approximate surface area is 107 Å². The normalized spacial score (nSPS) is 12.6. The number of Topliss-reactive ketones (excluding diaryl/α,β-unsaturated/α-hetero) is 1. The molecule has 1 aromatic rings. The molecular weight excluding hydrogens is 238 g/mol. The summed E-state index contributed by atoms with van der Waals surface area (Å²) in [5.74, 6) is 0.513. The maximum absolute atomic E-state index is 12.3. The number of hydrogen-bond donors (Lipinski definition) is 1. The maximum atomic E-state index is 12.3. The fourth-order valence-corrected chi connectivity index (χ4v) is 1.93.